The quantitative estimate of drug-likeness (QED) is 0.472. The van der Waals surface area contributed by atoms with Crippen LogP contribution in [0, 0.1) is 0 Å². The zero-order valence-electron chi connectivity index (χ0n) is 15.3. The summed E-state index contributed by atoms with van der Waals surface area (Å²) in [4.78, 5) is 17.8. The first-order valence-corrected chi connectivity index (χ1v) is 9.15. The number of nitrogens with one attached hydrogen (secondary N) is 2. The number of guanidine groups is 1. The second-order valence-corrected chi connectivity index (χ2v) is 6.19. The van der Waals surface area contributed by atoms with E-state index < -0.39 is 0 Å². The maximum Gasteiger partial charge on any atom is 0.409 e. The number of benzene rings is 1. The van der Waals surface area contributed by atoms with Crippen LogP contribution in [0.4, 0.5) is 4.79 Å². The predicted octanol–water partition coefficient (Wildman–Crippen LogP) is 2.41. The number of hydrogen-bond donors (Lipinski definition) is 2. The van der Waals surface area contributed by atoms with Crippen LogP contribution in [0.3, 0.4) is 0 Å². The number of hydrogen-bond acceptors (Lipinski definition) is 3. The maximum atomic E-state index is 11.7. The summed E-state index contributed by atoms with van der Waals surface area (Å²) in [5, 5.41) is 6.83. The SMILES string of the molecule is CCOC(=O)N1CCC(NC(=NC)NCCCc2ccccc2)CC1. The number of amides is 1. The van der Waals surface area contributed by atoms with Crippen LogP contribution >= 0.6 is 0 Å². The molecule has 6 nitrogen and oxygen atoms in total. The van der Waals surface area contributed by atoms with Crippen molar-refractivity contribution in [2.75, 3.05) is 33.3 Å². The summed E-state index contributed by atoms with van der Waals surface area (Å²) in [7, 11) is 1.79. The molecule has 138 valence electrons. The third kappa shape index (κ3) is 6.64. The number of likely N-dealkylation sites (tertiary alicyclic amines) is 1. The lowest BCUT2D eigenvalue weighted by atomic mass is 10.1. The first kappa shape index (κ1) is 19.1. The van der Waals surface area contributed by atoms with Crippen LogP contribution in [0.1, 0.15) is 31.7 Å². The molecule has 1 aliphatic heterocycles. The summed E-state index contributed by atoms with van der Waals surface area (Å²) in [5.74, 6) is 0.836. The first-order valence-electron chi connectivity index (χ1n) is 9.15. The zero-order chi connectivity index (χ0) is 17.9. The molecule has 1 fully saturated rings. The van der Waals surface area contributed by atoms with Crippen molar-refractivity contribution >= 4 is 12.1 Å². The van der Waals surface area contributed by atoms with Crippen molar-refractivity contribution < 1.29 is 9.53 Å². The number of rotatable bonds is 6. The predicted molar refractivity (Wildman–Crippen MR) is 101 cm³/mol. The largest absolute Gasteiger partial charge is 0.450 e. The fourth-order valence-electron chi connectivity index (χ4n) is 2.95. The van der Waals surface area contributed by atoms with E-state index in [4.69, 9.17) is 4.74 Å². The molecule has 2 rings (SSSR count). The van der Waals surface area contributed by atoms with Gasteiger partial charge in [-0.25, -0.2) is 4.79 Å². The summed E-state index contributed by atoms with van der Waals surface area (Å²) >= 11 is 0. The van der Waals surface area contributed by atoms with Crippen LogP contribution in [0.5, 0.6) is 0 Å². The standard InChI is InChI=1S/C19H30N4O2/c1-3-25-19(24)23-14-11-17(12-15-23)22-18(20-2)21-13-7-10-16-8-5-4-6-9-16/h4-6,8-9,17H,3,7,10-15H2,1-2H3,(H2,20,21,22). The third-order valence-corrected chi connectivity index (χ3v) is 4.36. The number of carbonyl (C=O) groups is 1. The fourth-order valence-corrected chi connectivity index (χ4v) is 2.95. The van der Waals surface area contributed by atoms with Crippen molar-refractivity contribution in [2.45, 2.75) is 38.6 Å². The zero-order valence-corrected chi connectivity index (χ0v) is 15.3. The Bertz CT molecular complexity index is 540. The van der Waals surface area contributed by atoms with Gasteiger partial charge in [0.25, 0.3) is 0 Å². The van der Waals surface area contributed by atoms with Gasteiger partial charge >= 0.3 is 6.09 Å². The molecule has 1 aliphatic rings. The van der Waals surface area contributed by atoms with Crippen molar-refractivity contribution in [1.82, 2.24) is 15.5 Å². The number of ether oxygens (including phenoxy) is 1. The molecular weight excluding hydrogens is 316 g/mol. The van der Waals surface area contributed by atoms with Crippen LogP contribution in [0.15, 0.2) is 35.3 Å². The molecule has 1 aromatic rings. The monoisotopic (exact) mass is 346 g/mol. The van der Waals surface area contributed by atoms with Crippen molar-refractivity contribution in [1.29, 1.82) is 0 Å². The lowest BCUT2D eigenvalue weighted by molar-refractivity contribution is 0.0963. The van der Waals surface area contributed by atoms with E-state index in [9.17, 15) is 4.79 Å². The van der Waals surface area contributed by atoms with E-state index in [1.807, 2.05) is 13.0 Å². The second kappa shape index (κ2) is 10.6. The Labute approximate surface area is 150 Å². The number of aliphatic imine (C=N–C) groups is 1. The fraction of sp³-hybridized carbons (Fsp3) is 0.579. The van der Waals surface area contributed by atoms with Crippen LogP contribution in [0.2, 0.25) is 0 Å². The summed E-state index contributed by atoms with van der Waals surface area (Å²) in [5.41, 5.74) is 1.36. The van der Waals surface area contributed by atoms with Crippen molar-refractivity contribution in [3.63, 3.8) is 0 Å². The highest BCUT2D eigenvalue weighted by Crippen LogP contribution is 2.11. The number of aryl methyl sites for hydroxylation is 1. The number of piperidine rings is 1. The average Bonchev–Trinajstić information content (AvgIpc) is 2.65. The molecule has 1 saturated heterocycles. The van der Waals surface area contributed by atoms with Gasteiger partial charge < -0.3 is 20.3 Å². The highest BCUT2D eigenvalue weighted by molar-refractivity contribution is 5.80. The van der Waals surface area contributed by atoms with E-state index in [2.05, 4.69) is 39.9 Å². The lowest BCUT2D eigenvalue weighted by Gasteiger charge is -2.32. The van der Waals surface area contributed by atoms with Gasteiger partial charge in [-0.3, -0.25) is 4.99 Å². The van der Waals surface area contributed by atoms with E-state index >= 15 is 0 Å². The topological polar surface area (TPSA) is 66.0 Å². The molecule has 0 aliphatic carbocycles. The minimum atomic E-state index is -0.204. The molecular formula is C19H30N4O2. The van der Waals surface area contributed by atoms with Gasteiger partial charge in [0.05, 0.1) is 6.61 Å². The first-order chi connectivity index (χ1) is 12.2. The van der Waals surface area contributed by atoms with Gasteiger partial charge in [0.1, 0.15) is 0 Å². The summed E-state index contributed by atoms with van der Waals surface area (Å²) in [6, 6.07) is 10.8. The van der Waals surface area contributed by atoms with Crippen LogP contribution in [0.25, 0.3) is 0 Å². The van der Waals surface area contributed by atoms with Gasteiger partial charge in [-0.05, 0) is 38.2 Å². The van der Waals surface area contributed by atoms with E-state index in [0.717, 1.165) is 51.3 Å². The Hall–Kier alpha value is -2.24. The smallest absolute Gasteiger partial charge is 0.409 e. The summed E-state index contributed by atoms with van der Waals surface area (Å²) in [6.45, 7) is 4.59. The van der Waals surface area contributed by atoms with E-state index in [0.29, 0.717) is 12.6 Å². The highest BCUT2D eigenvalue weighted by atomic mass is 16.6. The molecule has 25 heavy (non-hydrogen) atoms. The van der Waals surface area contributed by atoms with Crippen molar-refractivity contribution in [3.8, 4) is 0 Å². The average molecular weight is 346 g/mol. The molecule has 0 bridgehead atoms. The lowest BCUT2D eigenvalue weighted by Crippen LogP contribution is -2.50. The second-order valence-electron chi connectivity index (χ2n) is 6.19. The molecule has 1 aromatic carbocycles. The molecule has 1 amide bonds. The normalized spacial score (nSPS) is 15.8. The molecule has 0 spiro atoms. The van der Waals surface area contributed by atoms with E-state index in [1.165, 1.54) is 5.56 Å². The van der Waals surface area contributed by atoms with Gasteiger partial charge in [0.15, 0.2) is 5.96 Å². The van der Waals surface area contributed by atoms with Gasteiger partial charge in [-0.2, -0.15) is 0 Å². The van der Waals surface area contributed by atoms with Gasteiger partial charge in [-0.1, -0.05) is 30.3 Å². The third-order valence-electron chi connectivity index (χ3n) is 4.36. The molecule has 1 heterocycles. The molecule has 2 N–H and O–H groups in total. The van der Waals surface area contributed by atoms with Crippen molar-refractivity contribution in [2.24, 2.45) is 4.99 Å². The Morgan fingerprint density at radius 3 is 2.64 bits per heavy atom. The van der Waals surface area contributed by atoms with Crippen molar-refractivity contribution in [3.05, 3.63) is 35.9 Å². The van der Waals surface area contributed by atoms with Crippen LogP contribution in [-0.4, -0.2) is 56.3 Å². The Morgan fingerprint density at radius 1 is 1.28 bits per heavy atom. The molecule has 0 radical (unpaired) electrons. The summed E-state index contributed by atoms with van der Waals surface area (Å²) < 4.78 is 5.05. The Kier molecular flexibility index (Phi) is 8.09. The molecule has 0 unspecified atom stereocenters. The highest BCUT2D eigenvalue weighted by Gasteiger charge is 2.23. The Morgan fingerprint density at radius 2 is 2.00 bits per heavy atom. The van der Waals surface area contributed by atoms with E-state index in [1.54, 1.807) is 11.9 Å². The van der Waals surface area contributed by atoms with Crippen LogP contribution in [-0.2, 0) is 11.2 Å². The number of carbonyl (C=O) groups excluding carboxylic acids is 1. The van der Waals surface area contributed by atoms with Gasteiger partial charge in [0.2, 0.25) is 0 Å². The maximum absolute atomic E-state index is 11.7. The van der Waals surface area contributed by atoms with E-state index in [-0.39, 0.29) is 6.09 Å². The molecule has 0 saturated carbocycles. The molecule has 6 heteroatoms. The number of nitrogens with zero attached hydrogens (tertiary/aromatic N) is 2. The molecule has 0 aromatic heterocycles. The van der Waals surface area contributed by atoms with Crippen LogP contribution < -0.4 is 10.6 Å². The Balaban J connectivity index is 1.64. The minimum absolute atomic E-state index is 0.204. The van der Waals surface area contributed by atoms with Gasteiger partial charge in [-0.15, -0.1) is 0 Å². The molecule has 0 atom stereocenters. The summed E-state index contributed by atoms with van der Waals surface area (Å²) in [6.07, 6.45) is 3.73. The minimum Gasteiger partial charge on any atom is -0.450 e. The van der Waals surface area contributed by atoms with Gasteiger partial charge in [0, 0.05) is 32.7 Å².